The van der Waals surface area contributed by atoms with E-state index in [2.05, 4.69) is 40.9 Å². The zero-order valence-corrected chi connectivity index (χ0v) is 12.5. The molecule has 0 amide bonds. The molecule has 0 radical (unpaired) electrons. The largest absolute Gasteiger partial charge is 0.351 e. The first-order valence-corrected chi connectivity index (χ1v) is 7.40. The van der Waals surface area contributed by atoms with Gasteiger partial charge >= 0.3 is 0 Å². The highest BCUT2D eigenvalue weighted by Gasteiger charge is 2.32. The van der Waals surface area contributed by atoms with Gasteiger partial charge in [-0.3, -0.25) is 0 Å². The van der Waals surface area contributed by atoms with Crippen molar-refractivity contribution in [3.05, 3.63) is 24.2 Å². The Morgan fingerprint density at radius 3 is 2.90 bits per heavy atom. The summed E-state index contributed by atoms with van der Waals surface area (Å²) in [6, 6.07) is 4.38. The van der Waals surface area contributed by atoms with Crippen molar-refractivity contribution in [2.24, 2.45) is 0 Å². The van der Waals surface area contributed by atoms with Crippen LogP contribution in [0.2, 0.25) is 0 Å². The van der Waals surface area contributed by atoms with Crippen LogP contribution in [0.3, 0.4) is 0 Å². The molecule has 1 saturated heterocycles. The van der Waals surface area contributed by atoms with Crippen LogP contribution in [0.4, 0.5) is 11.6 Å². The van der Waals surface area contributed by atoms with Crippen LogP contribution >= 0.6 is 11.7 Å². The van der Waals surface area contributed by atoms with E-state index >= 15 is 0 Å². The summed E-state index contributed by atoms with van der Waals surface area (Å²) in [5, 5.41) is 12.7. The van der Waals surface area contributed by atoms with Gasteiger partial charge in [-0.05, 0) is 19.1 Å². The first kappa shape index (κ1) is 12.5. The molecule has 0 N–H and O–H groups in total. The van der Waals surface area contributed by atoms with E-state index in [0.29, 0.717) is 6.04 Å². The molecule has 0 aromatic carbocycles. The highest BCUT2D eigenvalue weighted by molar-refractivity contribution is 6.99. The predicted octanol–water partition coefficient (Wildman–Crippen LogP) is 0.609. The van der Waals surface area contributed by atoms with Gasteiger partial charge in [-0.25, -0.2) is 0 Å². The second kappa shape index (κ2) is 4.62. The summed E-state index contributed by atoms with van der Waals surface area (Å²) in [5.74, 6) is 2.68. The van der Waals surface area contributed by atoms with E-state index < -0.39 is 0 Å². The van der Waals surface area contributed by atoms with Gasteiger partial charge < -0.3 is 9.80 Å². The smallest absolute Gasteiger partial charge is 0.178 e. The molecule has 4 heterocycles. The monoisotopic (exact) mass is 302 g/mol. The van der Waals surface area contributed by atoms with Gasteiger partial charge in [0.15, 0.2) is 17.3 Å². The third-order valence-corrected chi connectivity index (χ3v) is 4.32. The standard InChI is InChI=1S/C12H14N8S/c1-8-14-15-10-3-4-11(16-20(8)10)19-6-9(7-19)18(2)12-5-13-21-17-12/h3-5,9H,6-7H2,1-2H3. The van der Waals surface area contributed by atoms with Crippen molar-refractivity contribution in [1.82, 2.24) is 28.6 Å². The molecular weight excluding hydrogens is 288 g/mol. The maximum atomic E-state index is 4.59. The fourth-order valence-corrected chi connectivity index (χ4v) is 2.89. The van der Waals surface area contributed by atoms with Crippen LogP contribution in [0.15, 0.2) is 18.3 Å². The molecule has 21 heavy (non-hydrogen) atoms. The van der Waals surface area contributed by atoms with Crippen molar-refractivity contribution in [1.29, 1.82) is 0 Å². The Morgan fingerprint density at radius 1 is 1.29 bits per heavy atom. The molecule has 0 aliphatic carbocycles. The average Bonchev–Trinajstić information content (AvgIpc) is 3.08. The number of rotatable bonds is 3. The van der Waals surface area contributed by atoms with E-state index in [9.17, 15) is 0 Å². The zero-order valence-electron chi connectivity index (χ0n) is 11.7. The van der Waals surface area contributed by atoms with Crippen molar-refractivity contribution in [3.63, 3.8) is 0 Å². The number of likely N-dealkylation sites (N-methyl/N-ethyl adjacent to an activating group) is 1. The minimum atomic E-state index is 0.438. The van der Waals surface area contributed by atoms with Crippen LogP contribution in [0, 0.1) is 6.92 Å². The summed E-state index contributed by atoms with van der Waals surface area (Å²) in [6.07, 6.45) is 1.80. The minimum Gasteiger partial charge on any atom is -0.351 e. The minimum absolute atomic E-state index is 0.438. The Kier molecular flexibility index (Phi) is 2.74. The second-order valence-corrected chi connectivity index (χ2v) is 5.70. The molecule has 0 unspecified atom stereocenters. The first-order valence-electron chi connectivity index (χ1n) is 6.67. The molecule has 3 aromatic rings. The van der Waals surface area contributed by atoms with Gasteiger partial charge in [0.1, 0.15) is 5.82 Å². The zero-order chi connectivity index (χ0) is 14.4. The molecule has 108 valence electrons. The van der Waals surface area contributed by atoms with Crippen molar-refractivity contribution < 1.29 is 0 Å². The van der Waals surface area contributed by atoms with Gasteiger partial charge in [0.25, 0.3) is 0 Å². The molecule has 9 heteroatoms. The van der Waals surface area contributed by atoms with Crippen molar-refractivity contribution in [2.75, 3.05) is 29.9 Å². The summed E-state index contributed by atoms with van der Waals surface area (Å²) in [5.41, 5.74) is 0.777. The number of hydrogen-bond acceptors (Lipinski definition) is 8. The van der Waals surface area contributed by atoms with Crippen LogP contribution < -0.4 is 9.80 Å². The SMILES string of the molecule is Cc1nnc2ccc(N3CC(N(C)c4cnsn4)C3)nn12. The summed E-state index contributed by atoms with van der Waals surface area (Å²) in [6.45, 7) is 3.75. The van der Waals surface area contributed by atoms with Crippen LogP contribution in [0.1, 0.15) is 5.82 Å². The Labute approximate surface area is 125 Å². The quantitative estimate of drug-likeness (QED) is 0.701. The van der Waals surface area contributed by atoms with E-state index in [1.165, 1.54) is 11.7 Å². The summed E-state index contributed by atoms with van der Waals surface area (Å²) < 4.78 is 10.1. The molecule has 0 atom stereocenters. The van der Waals surface area contributed by atoms with Gasteiger partial charge in [0.2, 0.25) is 0 Å². The van der Waals surface area contributed by atoms with Crippen molar-refractivity contribution in [2.45, 2.75) is 13.0 Å². The summed E-state index contributed by atoms with van der Waals surface area (Å²) in [4.78, 5) is 4.41. The first-order chi connectivity index (χ1) is 10.2. The average molecular weight is 302 g/mol. The van der Waals surface area contributed by atoms with E-state index in [1.807, 2.05) is 19.1 Å². The molecule has 1 fully saturated rings. The van der Waals surface area contributed by atoms with Crippen LogP contribution in [-0.2, 0) is 0 Å². The number of nitrogens with zero attached hydrogens (tertiary/aromatic N) is 8. The number of fused-ring (bicyclic) bond motifs is 1. The predicted molar refractivity (Wildman–Crippen MR) is 79.8 cm³/mol. The molecule has 3 aromatic heterocycles. The molecular formula is C12H14N8S. The summed E-state index contributed by atoms with van der Waals surface area (Å²) in [7, 11) is 2.05. The van der Waals surface area contributed by atoms with Gasteiger partial charge in [-0.15, -0.1) is 15.3 Å². The number of anilines is 2. The van der Waals surface area contributed by atoms with Crippen LogP contribution in [0.25, 0.3) is 5.65 Å². The lowest BCUT2D eigenvalue weighted by Gasteiger charge is -2.44. The lowest BCUT2D eigenvalue weighted by molar-refractivity contribution is 0.487. The Hall–Kier alpha value is -2.29. The van der Waals surface area contributed by atoms with E-state index in [1.54, 1.807) is 10.7 Å². The van der Waals surface area contributed by atoms with Crippen LogP contribution in [-0.4, -0.2) is 54.7 Å². The van der Waals surface area contributed by atoms with E-state index in [-0.39, 0.29) is 0 Å². The fraction of sp³-hybridized carbons (Fsp3) is 0.417. The fourth-order valence-electron chi connectivity index (χ4n) is 2.44. The number of aromatic nitrogens is 6. The normalized spacial score (nSPS) is 15.4. The molecule has 1 aliphatic heterocycles. The highest BCUT2D eigenvalue weighted by Crippen LogP contribution is 2.24. The van der Waals surface area contributed by atoms with Crippen LogP contribution in [0.5, 0.6) is 0 Å². The summed E-state index contributed by atoms with van der Waals surface area (Å²) >= 11 is 1.24. The molecule has 4 rings (SSSR count). The molecule has 0 saturated carbocycles. The maximum Gasteiger partial charge on any atom is 0.178 e. The second-order valence-electron chi connectivity index (χ2n) is 5.14. The molecule has 0 spiro atoms. The molecule has 8 nitrogen and oxygen atoms in total. The lowest BCUT2D eigenvalue weighted by Crippen LogP contribution is -2.59. The Bertz CT molecular complexity index is 761. The third-order valence-electron chi connectivity index (χ3n) is 3.85. The third kappa shape index (κ3) is 2.00. The topological polar surface area (TPSA) is 75.3 Å². The Morgan fingerprint density at radius 2 is 2.14 bits per heavy atom. The Balaban J connectivity index is 1.50. The van der Waals surface area contributed by atoms with Crippen molar-refractivity contribution >= 4 is 29.0 Å². The maximum absolute atomic E-state index is 4.59. The number of aryl methyl sites for hydroxylation is 1. The van der Waals surface area contributed by atoms with Gasteiger partial charge in [-0.2, -0.15) is 13.3 Å². The molecule has 0 bridgehead atoms. The van der Waals surface area contributed by atoms with Gasteiger partial charge in [0, 0.05) is 20.1 Å². The number of hydrogen-bond donors (Lipinski definition) is 0. The van der Waals surface area contributed by atoms with Crippen molar-refractivity contribution in [3.8, 4) is 0 Å². The van der Waals surface area contributed by atoms with Gasteiger partial charge in [-0.1, -0.05) is 0 Å². The van der Waals surface area contributed by atoms with Gasteiger partial charge in [0.05, 0.1) is 24.0 Å². The lowest BCUT2D eigenvalue weighted by atomic mass is 10.1. The molecule has 1 aliphatic rings. The van der Waals surface area contributed by atoms with E-state index in [4.69, 9.17) is 0 Å². The van der Waals surface area contributed by atoms with E-state index in [0.717, 1.165) is 36.2 Å². The highest BCUT2D eigenvalue weighted by atomic mass is 32.1.